The summed E-state index contributed by atoms with van der Waals surface area (Å²) in [5, 5.41) is 15.7. The van der Waals surface area contributed by atoms with E-state index in [0.717, 1.165) is 31.2 Å². The molecule has 9 nitrogen and oxygen atoms in total. The van der Waals surface area contributed by atoms with Crippen molar-refractivity contribution < 1.29 is 14.6 Å². The van der Waals surface area contributed by atoms with E-state index in [0.29, 0.717) is 29.4 Å². The zero-order chi connectivity index (χ0) is 24.3. The molecule has 0 saturated heterocycles. The minimum absolute atomic E-state index is 0.00411. The number of aliphatic hydroxyl groups is 1. The fourth-order valence-corrected chi connectivity index (χ4v) is 4.54. The van der Waals surface area contributed by atoms with Crippen LogP contribution in [0.15, 0.2) is 65.5 Å². The van der Waals surface area contributed by atoms with Gasteiger partial charge in [0.25, 0.3) is 17.2 Å². The predicted octanol–water partition coefficient (Wildman–Crippen LogP) is 2.95. The summed E-state index contributed by atoms with van der Waals surface area (Å²) in [5.41, 5.74) is 1.09. The van der Waals surface area contributed by atoms with Crippen LogP contribution in [0.5, 0.6) is 5.75 Å². The first-order chi connectivity index (χ1) is 17.1. The number of carbonyl (C=O) groups is 1. The number of hydrogen-bond donors (Lipinski definition) is 3. The van der Waals surface area contributed by atoms with Gasteiger partial charge in [0.15, 0.2) is 5.82 Å². The van der Waals surface area contributed by atoms with Crippen LogP contribution in [0.3, 0.4) is 0 Å². The Morgan fingerprint density at radius 2 is 1.83 bits per heavy atom. The topological polar surface area (TPSA) is 122 Å². The summed E-state index contributed by atoms with van der Waals surface area (Å²) in [7, 11) is 0. The van der Waals surface area contributed by atoms with Crippen molar-refractivity contribution in [2.24, 2.45) is 5.41 Å². The quantitative estimate of drug-likeness (QED) is 0.362. The van der Waals surface area contributed by atoms with Crippen LogP contribution in [0.2, 0.25) is 0 Å². The Kier molecular flexibility index (Phi) is 6.33. The van der Waals surface area contributed by atoms with Crippen molar-refractivity contribution in [2.75, 3.05) is 13.2 Å². The zero-order valence-corrected chi connectivity index (χ0v) is 19.2. The van der Waals surface area contributed by atoms with E-state index in [1.807, 2.05) is 30.3 Å². The van der Waals surface area contributed by atoms with Gasteiger partial charge in [-0.3, -0.25) is 14.7 Å². The van der Waals surface area contributed by atoms with E-state index in [1.54, 1.807) is 24.3 Å². The lowest BCUT2D eigenvalue weighted by molar-refractivity contribution is 0.0876. The standard InChI is InChI=1S/C26H27N5O4/c32-17-26(12-6-7-13-26)16-27-24(34)20-10-4-5-11-21(20)35-15-19-14-22(33)31-25(28-19)29-23(30-31)18-8-2-1-3-9-18/h1-5,8-11,14,32H,6-7,12-13,15-17H2,(H,27,34)(H,28,29,30). The average Bonchev–Trinajstić information content (AvgIpc) is 3.55. The summed E-state index contributed by atoms with van der Waals surface area (Å²) in [6.07, 6.45) is 3.95. The number of aromatic amines is 1. The highest BCUT2D eigenvalue weighted by Crippen LogP contribution is 2.37. The van der Waals surface area contributed by atoms with E-state index in [4.69, 9.17) is 4.74 Å². The molecule has 0 aliphatic heterocycles. The average molecular weight is 474 g/mol. The van der Waals surface area contributed by atoms with Gasteiger partial charge < -0.3 is 15.2 Å². The van der Waals surface area contributed by atoms with E-state index in [9.17, 15) is 14.7 Å². The number of aromatic nitrogens is 4. The third kappa shape index (κ3) is 4.81. The summed E-state index contributed by atoms with van der Waals surface area (Å²) in [6.45, 7) is 0.493. The fourth-order valence-electron chi connectivity index (χ4n) is 4.54. The number of aliphatic hydroxyl groups excluding tert-OH is 1. The van der Waals surface area contributed by atoms with Gasteiger partial charge in [-0.25, -0.2) is 4.98 Å². The number of nitrogens with zero attached hydrogens (tertiary/aromatic N) is 3. The molecule has 3 N–H and O–H groups in total. The highest BCUT2D eigenvalue weighted by Gasteiger charge is 2.33. The monoisotopic (exact) mass is 473 g/mol. The molecule has 9 heteroatoms. The molecular formula is C26H27N5O4. The van der Waals surface area contributed by atoms with Crippen molar-refractivity contribution in [3.63, 3.8) is 0 Å². The van der Waals surface area contributed by atoms with Gasteiger partial charge in [0.05, 0.1) is 17.9 Å². The number of benzene rings is 2. The molecule has 0 bridgehead atoms. The van der Waals surface area contributed by atoms with E-state index in [-0.39, 0.29) is 35.9 Å². The molecule has 2 aromatic carbocycles. The summed E-state index contributed by atoms with van der Waals surface area (Å²) in [6, 6.07) is 17.8. The van der Waals surface area contributed by atoms with Crippen LogP contribution in [0.4, 0.5) is 0 Å². The molecule has 1 fully saturated rings. The molecule has 1 aliphatic carbocycles. The van der Waals surface area contributed by atoms with Gasteiger partial charge in [0, 0.05) is 23.6 Å². The second-order valence-electron chi connectivity index (χ2n) is 8.99. The molecule has 2 aromatic heterocycles. The molecule has 1 aliphatic rings. The largest absolute Gasteiger partial charge is 0.486 e. The second kappa shape index (κ2) is 9.71. The minimum Gasteiger partial charge on any atom is -0.486 e. The van der Waals surface area contributed by atoms with Crippen molar-refractivity contribution in [3.8, 4) is 17.1 Å². The molecule has 5 rings (SSSR count). The number of hydrogen-bond acceptors (Lipinski definition) is 6. The maximum Gasteiger partial charge on any atom is 0.274 e. The first kappa shape index (κ1) is 22.8. The van der Waals surface area contributed by atoms with Crippen LogP contribution in [0.25, 0.3) is 17.2 Å². The van der Waals surface area contributed by atoms with Gasteiger partial charge in [0.2, 0.25) is 0 Å². The Bertz CT molecular complexity index is 1390. The van der Waals surface area contributed by atoms with Gasteiger partial charge >= 0.3 is 0 Å². The Morgan fingerprint density at radius 3 is 2.60 bits per heavy atom. The zero-order valence-electron chi connectivity index (χ0n) is 19.2. The number of carbonyl (C=O) groups excluding carboxylic acids is 1. The van der Waals surface area contributed by atoms with Crippen molar-refractivity contribution in [3.05, 3.63) is 82.3 Å². The summed E-state index contributed by atoms with van der Waals surface area (Å²) >= 11 is 0. The lowest BCUT2D eigenvalue weighted by Gasteiger charge is -2.26. The van der Waals surface area contributed by atoms with Crippen LogP contribution in [-0.2, 0) is 6.61 Å². The molecule has 0 spiro atoms. The molecule has 1 saturated carbocycles. The molecule has 180 valence electrons. The number of amides is 1. The van der Waals surface area contributed by atoms with E-state index in [2.05, 4.69) is 20.4 Å². The maximum atomic E-state index is 12.9. The molecule has 4 aromatic rings. The number of H-pyrrole nitrogens is 1. The molecule has 0 radical (unpaired) electrons. The summed E-state index contributed by atoms with van der Waals surface area (Å²) in [5.74, 6) is 0.914. The highest BCUT2D eigenvalue weighted by molar-refractivity contribution is 5.96. The number of fused-ring (bicyclic) bond motifs is 1. The van der Waals surface area contributed by atoms with Gasteiger partial charge in [-0.05, 0) is 25.0 Å². The van der Waals surface area contributed by atoms with Crippen molar-refractivity contribution >= 4 is 11.7 Å². The smallest absolute Gasteiger partial charge is 0.274 e. The highest BCUT2D eigenvalue weighted by atomic mass is 16.5. The van der Waals surface area contributed by atoms with Crippen molar-refractivity contribution in [1.82, 2.24) is 24.9 Å². The minimum atomic E-state index is -0.305. The van der Waals surface area contributed by atoms with Crippen LogP contribution >= 0.6 is 0 Å². The number of para-hydroxylation sites is 1. The SMILES string of the molecule is O=C(NCC1(CO)CCCC1)c1ccccc1OCc1cc(=O)n2[nH]c(-c3ccccc3)nc2n1. The molecular weight excluding hydrogens is 446 g/mol. The maximum absolute atomic E-state index is 12.9. The Balaban J connectivity index is 1.31. The fraction of sp³-hybridized carbons (Fsp3) is 0.308. The summed E-state index contributed by atoms with van der Waals surface area (Å²) < 4.78 is 7.19. The molecule has 1 amide bonds. The molecule has 0 atom stereocenters. The van der Waals surface area contributed by atoms with Gasteiger partial charge in [-0.2, -0.15) is 9.50 Å². The number of rotatable bonds is 8. The van der Waals surface area contributed by atoms with Gasteiger partial charge in [0.1, 0.15) is 12.4 Å². The lowest BCUT2D eigenvalue weighted by Crippen LogP contribution is -2.38. The van der Waals surface area contributed by atoms with Crippen LogP contribution in [0.1, 0.15) is 41.7 Å². The van der Waals surface area contributed by atoms with Crippen LogP contribution < -0.4 is 15.6 Å². The van der Waals surface area contributed by atoms with Crippen LogP contribution in [-0.4, -0.2) is 43.7 Å². The lowest BCUT2D eigenvalue weighted by atomic mass is 9.87. The Hall–Kier alpha value is -3.98. The Morgan fingerprint density at radius 1 is 1.09 bits per heavy atom. The number of ether oxygens (including phenoxy) is 1. The second-order valence-corrected chi connectivity index (χ2v) is 8.99. The van der Waals surface area contributed by atoms with Crippen molar-refractivity contribution in [1.29, 1.82) is 0 Å². The van der Waals surface area contributed by atoms with E-state index < -0.39 is 0 Å². The predicted molar refractivity (Wildman–Crippen MR) is 130 cm³/mol. The third-order valence-electron chi connectivity index (χ3n) is 6.56. The first-order valence-corrected chi connectivity index (χ1v) is 11.7. The third-order valence-corrected chi connectivity index (χ3v) is 6.56. The van der Waals surface area contributed by atoms with Gasteiger partial charge in [-0.15, -0.1) is 0 Å². The Labute approximate surface area is 201 Å². The van der Waals surface area contributed by atoms with Gasteiger partial charge in [-0.1, -0.05) is 55.3 Å². The normalized spacial score (nSPS) is 14.8. The molecule has 0 unspecified atom stereocenters. The molecule has 35 heavy (non-hydrogen) atoms. The van der Waals surface area contributed by atoms with Crippen LogP contribution in [0, 0.1) is 5.41 Å². The number of nitrogens with one attached hydrogen (secondary N) is 2. The summed E-state index contributed by atoms with van der Waals surface area (Å²) in [4.78, 5) is 34.4. The van der Waals surface area contributed by atoms with E-state index in [1.165, 1.54) is 10.6 Å². The molecule has 2 heterocycles. The first-order valence-electron chi connectivity index (χ1n) is 11.7. The van der Waals surface area contributed by atoms with Crippen molar-refractivity contribution in [2.45, 2.75) is 32.3 Å². The van der Waals surface area contributed by atoms with E-state index >= 15 is 0 Å².